The molecular weight excluding hydrogens is 320 g/mol. The zero-order valence-corrected chi connectivity index (χ0v) is 16.2. The van der Waals surface area contributed by atoms with Crippen molar-refractivity contribution in [3.05, 3.63) is 30.3 Å². The van der Waals surface area contributed by atoms with Crippen molar-refractivity contribution >= 4 is 14.0 Å². The summed E-state index contributed by atoms with van der Waals surface area (Å²) in [7, 11) is -2.87. The van der Waals surface area contributed by atoms with Gasteiger partial charge in [-0.15, -0.1) is 0 Å². The highest BCUT2D eigenvalue weighted by molar-refractivity contribution is 6.75. The van der Waals surface area contributed by atoms with Crippen LogP contribution in [0.3, 0.4) is 0 Å². The molecule has 138 valence electrons. The molecule has 0 saturated heterocycles. The van der Waals surface area contributed by atoms with Crippen LogP contribution in [0.4, 0.5) is 0 Å². The van der Waals surface area contributed by atoms with Crippen molar-refractivity contribution < 1.29 is 13.3 Å². The van der Waals surface area contributed by atoms with Crippen molar-refractivity contribution in [2.75, 3.05) is 26.4 Å². The third-order valence-corrected chi connectivity index (χ3v) is 6.46. The van der Waals surface area contributed by atoms with Crippen LogP contribution in [0.25, 0.3) is 0 Å². The second-order valence-electron chi connectivity index (χ2n) is 5.95. The fourth-order valence-electron chi connectivity index (χ4n) is 2.40. The molecule has 24 heavy (non-hydrogen) atoms. The van der Waals surface area contributed by atoms with Gasteiger partial charge in [-0.25, -0.2) is 0 Å². The molecule has 1 aromatic carbocycles. The Bertz CT molecular complexity index is 412. The summed E-state index contributed by atoms with van der Waals surface area (Å²) in [6.07, 6.45) is 4.50. The van der Waals surface area contributed by atoms with Crippen LogP contribution in [0.5, 0.6) is 0 Å². The van der Waals surface area contributed by atoms with Crippen LogP contribution in [0, 0.1) is 0 Å². The van der Waals surface area contributed by atoms with E-state index < -0.39 is 8.80 Å². The Morgan fingerprint density at radius 2 is 1.50 bits per heavy atom. The molecule has 0 aliphatic rings. The minimum Gasteiger partial charge on any atom is -0.370 e. The molecule has 6 heteroatoms. The van der Waals surface area contributed by atoms with E-state index in [2.05, 4.69) is 13.8 Å². The minimum absolute atomic E-state index is 0.138. The lowest BCUT2D eigenvalue weighted by atomic mass is 10.1. The van der Waals surface area contributed by atoms with E-state index in [1.807, 2.05) is 30.3 Å². The molecule has 4 N–H and O–H groups in total. The molecule has 5 nitrogen and oxygen atoms in total. The highest BCUT2D eigenvalue weighted by Gasteiger charge is 2.43. The lowest BCUT2D eigenvalue weighted by Crippen LogP contribution is -2.57. The van der Waals surface area contributed by atoms with E-state index in [1.165, 1.54) is 0 Å². The molecule has 0 fully saturated rings. The van der Waals surface area contributed by atoms with Gasteiger partial charge in [0.1, 0.15) is 0 Å². The summed E-state index contributed by atoms with van der Waals surface area (Å²) in [4.78, 5) is 0. The Balaban J connectivity index is 2.74. The van der Waals surface area contributed by atoms with Crippen LogP contribution in [-0.4, -0.2) is 41.2 Å². The van der Waals surface area contributed by atoms with Crippen LogP contribution >= 0.6 is 0 Å². The van der Waals surface area contributed by atoms with E-state index in [0.29, 0.717) is 26.4 Å². The Morgan fingerprint density at radius 1 is 0.917 bits per heavy atom. The molecule has 1 atom stereocenters. The molecule has 0 radical (unpaired) electrons. The number of rotatable bonds is 14. The molecule has 0 aliphatic carbocycles. The average molecular weight is 355 g/mol. The first kappa shape index (κ1) is 21.3. The van der Waals surface area contributed by atoms with E-state index in [0.717, 1.165) is 37.3 Å². The molecule has 0 heterocycles. The second-order valence-corrected chi connectivity index (χ2v) is 8.50. The molecule has 0 spiro atoms. The standard InChI is InChI=1S/C18H34N2O3Si/c1-3-14-21-24(22-15-4-2,18-10-6-5-7-11-18)23-16-8-9-17(20)12-13-19/h5-7,10-11,17H,3-4,8-9,12-16,19-20H2,1-2H3. The van der Waals surface area contributed by atoms with Gasteiger partial charge in [0, 0.05) is 31.0 Å². The average Bonchev–Trinajstić information content (AvgIpc) is 2.61. The predicted molar refractivity (Wildman–Crippen MR) is 101 cm³/mol. The third kappa shape index (κ3) is 7.42. The molecule has 0 saturated carbocycles. The Labute approximate surface area is 148 Å². The minimum atomic E-state index is -2.87. The summed E-state index contributed by atoms with van der Waals surface area (Å²) in [5, 5.41) is 1.03. The van der Waals surface area contributed by atoms with Gasteiger partial charge < -0.3 is 24.7 Å². The van der Waals surface area contributed by atoms with Gasteiger partial charge in [0.25, 0.3) is 0 Å². The maximum absolute atomic E-state index is 6.26. The first-order valence-electron chi connectivity index (χ1n) is 9.11. The Hall–Kier alpha value is -0.763. The third-order valence-electron chi connectivity index (χ3n) is 3.67. The fraction of sp³-hybridized carbons (Fsp3) is 0.667. The predicted octanol–water partition coefficient (Wildman–Crippen LogP) is 2.16. The van der Waals surface area contributed by atoms with E-state index in [1.54, 1.807) is 0 Å². The van der Waals surface area contributed by atoms with E-state index in [9.17, 15) is 0 Å². The highest BCUT2D eigenvalue weighted by atomic mass is 28.4. The van der Waals surface area contributed by atoms with Crippen molar-refractivity contribution in [3.8, 4) is 0 Å². The SMILES string of the molecule is CCCO[Si](OCCC)(OCCCC(N)CCN)c1ccccc1. The maximum Gasteiger partial charge on any atom is 0.537 e. The van der Waals surface area contributed by atoms with Gasteiger partial charge >= 0.3 is 8.80 Å². The van der Waals surface area contributed by atoms with Gasteiger partial charge in [-0.05, 0) is 38.6 Å². The highest BCUT2D eigenvalue weighted by Crippen LogP contribution is 2.13. The molecular formula is C18H34N2O3Si. The van der Waals surface area contributed by atoms with Gasteiger partial charge in [-0.2, -0.15) is 0 Å². The summed E-state index contributed by atoms with van der Waals surface area (Å²) >= 11 is 0. The summed E-state index contributed by atoms with van der Waals surface area (Å²) in [5.41, 5.74) is 11.6. The van der Waals surface area contributed by atoms with Crippen molar-refractivity contribution in [1.29, 1.82) is 0 Å². The maximum atomic E-state index is 6.26. The van der Waals surface area contributed by atoms with Gasteiger partial charge in [0.2, 0.25) is 0 Å². The number of nitrogens with two attached hydrogens (primary N) is 2. The van der Waals surface area contributed by atoms with E-state index in [-0.39, 0.29) is 6.04 Å². The Kier molecular flexibility index (Phi) is 11.2. The molecule has 1 rings (SSSR count). The molecule has 1 unspecified atom stereocenters. The van der Waals surface area contributed by atoms with Crippen molar-refractivity contribution in [2.45, 2.75) is 52.0 Å². The number of hydrogen-bond acceptors (Lipinski definition) is 5. The van der Waals surface area contributed by atoms with E-state index >= 15 is 0 Å². The Morgan fingerprint density at radius 3 is 2.04 bits per heavy atom. The zero-order chi connectivity index (χ0) is 17.7. The van der Waals surface area contributed by atoms with Crippen molar-refractivity contribution in [1.82, 2.24) is 0 Å². The van der Waals surface area contributed by atoms with Gasteiger partial charge in [-0.3, -0.25) is 0 Å². The lowest BCUT2D eigenvalue weighted by molar-refractivity contribution is 0.0714. The van der Waals surface area contributed by atoms with E-state index in [4.69, 9.17) is 24.7 Å². The number of benzene rings is 1. The monoisotopic (exact) mass is 354 g/mol. The molecule has 0 bridgehead atoms. The topological polar surface area (TPSA) is 79.7 Å². The normalized spacial score (nSPS) is 13.2. The summed E-state index contributed by atoms with van der Waals surface area (Å²) in [6, 6.07) is 10.2. The first-order valence-corrected chi connectivity index (χ1v) is 10.8. The molecule has 0 amide bonds. The molecule has 1 aromatic rings. The van der Waals surface area contributed by atoms with Crippen LogP contribution < -0.4 is 16.7 Å². The van der Waals surface area contributed by atoms with Crippen LogP contribution in [0.1, 0.15) is 46.0 Å². The van der Waals surface area contributed by atoms with Gasteiger partial charge in [0.15, 0.2) is 0 Å². The zero-order valence-electron chi connectivity index (χ0n) is 15.2. The largest absolute Gasteiger partial charge is 0.537 e. The number of hydrogen-bond donors (Lipinski definition) is 2. The lowest BCUT2D eigenvalue weighted by Gasteiger charge is -2.30. The van der Waals surface area contributed by atoms with Crippen LogP contribution in [-0.2, 0) is 13.3 Å². The molecule has 0 aliphatic heterocycles. The fourth-order valence-corrected chi connectivity index (χ4v) is 5.11. The van der Waals surface area contributed by atoms with Crippen LogP contribution in [0.15, 0.2) is 30.3 Å². The van der Waals surface area contributed by atoms with Gasteiger partial charge in [0.05, 0.1) is 0 Å². The second kappa shape index (κ2) is 12.6. The van der Waals surface area contributed by atoms with Crippen molar-refractivity contribution in [2.24, 2.45) is 11.5 Å². The van der Waals surface area contributed by atoms with Crippen molar-refractivity contribution in [3.63, 3.8) is 0 Å². The van der Waals surface area contributed by atoms with Gasteiger partial charge in [-0.1, -0.05) is 44.2 Å². The summed E-state index contributed by atoms with van der Waals surface area (Å²) in [5.74, 6) is 0. The smallest absolute Gasteiger partial charge is 0.370 e. The molecule has 0 aromatic heterocycles. The first-order chi connectivity index (χ1) is 11.7. The summed E-state index contributed by atoms with van der Waals surface area (Å²) in [6.45, 7) is 6.68. The summed E-state index contributed by atoms with van der Waals surface area (Å²) < 4.78 is 18.6. The quantitative estimate of drug-likeness (QED) is 0.395. The van der Waals surface area contributed by atoms with Crippen LogP contribution in [0.2, 0.25) is 0 Å².